The first-order valence-electron chi connectivity index (χ1n) is 16.8. The van der Waals surface area contributed by atoms with Gasteiger partial charge in [0, 0.05) is 48.2 Å². The van der Waals surface area contributed by atoms with Crippen molar-refractivity contribution in [1.29, 1.82) is 0 Å². The lowest BCUT2D eigenvalue weighted by Crippen LogP contribution is -2.44. The second kappa shape index (κ2) is 13.5. The van der Waals surface area contributed by atoms with Crippen molar-refractivity contribution < 1.29 is 9.59 Å². The van der Waals surface area contributed by atoms with Crippen LogP contribution in [0.25, 0.3) is 10.9 Å². The van der Waals surface area contributed by atoms with Crippen LogP contribution >= 0.6 is 11.8 Å². The zero-order valence-corrected chi connectivity index (χ0v) is 25.7. The number of pyridine rings is 1. The van der Waals surface area contributed by atoms with E-state index in [0.29, 0.717) is 29.5 Å². The fourth-order valence-electron chi connectivity index (χ4n) is 8.67. The molecule has 6 nitrogen and oxygen atoms in total. The molecule has 0 radical (unpaired) electrons. The number of carbonyl (C=O) groups excluding carboxylic acids is 2. The second-order valence-electron chi connectivity index (χ2n) is 13.5. The van der Waals surface area contributed by atoms with Crippen LogP contribution in [0.2, 0.25) is 0 Å². The van der Waals surface area contributed by atoms with Crippen molar-refractivity contribution >= 4 is 34.5 Å². The van der Waals surface area contributed by atoms with Crippen LogP contribution < -0.4 is 5.32 Å². The van der Waals surface area contributed by atoms with Gasteiger partial charge in [-0.3, -0.25) is 14.6 Å². The van der Waals surface area contributed by atoms with E-state index in [4.69, 9.17) is 0 Å². The van der Waals surface area contributed by atoms with Crippen LogP contribution in [-0.2, 0) is 4.79 Å². The predicted molar refractivity (Wildman–Crippen MR) is 168 cm³/mol. The average molecular weight is 579 g/mol. The average Bonchev–Trinajstić information content (AvgIpc) is 3.59. The van der Waals surface area contributed by atoms with Crippen LogP contribution in [0.4, 0.5) is 0 Å². The topological polar surface area (TPSA) is 78.1 Å². The van der Waals surface area contributed by atoms with Crippen molar-refractivity contribution in [2.75, 3.05) is 19.6 Å². The first kappa shape index (κ1) is 29.1. The number of piperidine rings is 1. The highest BCUT2D eigenvalue weighted by molar-refractivity contribution is 8.01. The summed E-state index contributed by atoms with van der Waals surface area (Å²) in [7, 11) is 0. The number of nitrogens with zero attached hydrogens (tertiary/aromatic N) is 2. The van der Waals surface area contributed by atoms with E-state index in [1.165, 1.54) is 77.0 Å². The van der Waals surface area contributed by atoms with E-state index >= 15 is 0 Å². The van der Waals surface area contributed by atoms with Crippen molar-refractivity contribution in [2.24, 2.45) is 17.3 Å². The molecule has 2 aromatic heterocycles. The molecular formula is C34H50N4O2S. The zero-order valence-electron chi connectivity index (χ0n) is 24.9. The van der Waals surface area contributed by atoms with Crippen LogP contribution in [-0.4, -0.2) is 56.8 Å². The molecule has 2 N–H and O–H groups in total. The summed E-state index contributed by atoms with van der Waals surface area (Å²) in [6, 6.07) is 3.75. The predicted octanol–water partition coefficient (Wildman–Crippen LogP) is 7.50. The van der Waals surface area contributed by atoms with Gasteiger partial charge in [-0.1, -0.05) is 57.8 Å². The van der Waals surface area contributed by atoms with Gasteiger partial charge in [-0.25, -0.2) is 0 Å². The molecule has 6 rings (SSSR count). The number of amides is 2. The zero-order chi connectivity index (χ0) is 28.1. The van der Waals surface area contributed by atoms with Gasteiger partial charge in [-0.15, -0.1) is 11.8 Å². The highest BCUT2D eigenvalue weighted by Gasteiger charge is 2.54. The lowest BCUT2D eigenvalue weighted by atomic mass is 9.60. The molecule has 3 atom stereocenters. The number of aromatic amines is 1. The molecule has 2 saturated heterocycles. The van der Waals surface area contributed by atoms with Crippen molar-refractivity contribution in [3.05, 3.63) is 30.2 Å². The summed E-state index contributed by atoms with van der Waals surface area (Å²) in [6.07, 6.45) is 25.6. The Balaban J connectivity index is 0.922. The Hall–Kier alpha value is -2.02. The van der Waals surface area contributed by atoms with E-state index in [-0.39, 0.29) is 11.2 Å². The summed E-state index contributed by atoms with van der Waals surface area (Å²) >= 11 is 2.09. The van der Waals surface area contributed by atoms with E-state index in [1.807, 2.05) is 12.1 Å². The third kappa shape index (κ3) is 6.65. The number of thioether (sulfide) groups is 1. The first-order valence-corrected chi connectivity index (χ1v) is 17.7. The van der Waals surface area contributed by atoms with E-state index < -0.39 is 0 Å². The highest BCUT2D eigenvalue weighted by atomic mass is 32.2. The number of hydrogen-bond donors (Lipinski definition) is 2. The Morgan fingerprint density at radius 2 is 1.78 bits per heavy atom. The van der Waals surface area contributed by atoms with Gasteiger partial charge >= 0.3 is 0 Å². The van der Waals surface area contributed by atoms with Crippen molar-refractivity contribution in [3.8, 4) is 0 Å². The minimum atomic E-state index is -0.0473. The standard InChI is InChI=1S/C34H50N4O2S/c39-32(29-22-26-24-35-19-14-28(26)37-29)36-18-9-7-10-25-15-20-38(21-16-25)33(40)30-23-34(17-8-6-13-31(34)41-30)27-11-4-2-1-3-5-12-27/h14,19,22,24-25,27,30-31,37H,1-13,15-18,20-21,23H2,(H,36,39). The van der Waals surface area contributed by atoms with E-state index in [2.05, 4.69) is 31.9 Å². The number of likely N-dealkylation sites (tertiary alicyclic amines) is 1. The summed E-state index contributed by atoms with van der Waals surface area (Å²) in [5.74, 6) is 1.97. The molecule has 2 aromatic rings. The molecule has 0 aromatic carbocycles. The largest absolute Gasteiger partial charge is 0.351 e. The number of fused-ring (bicyclic) bond motifs is 2. The summed E-state index contributed by atoms with van der Waals surface area (Å²) in [5, 5.41) is 4.95. The number of H-pyrrole nitrogens is 1. The smallest absolute Gasteiger partial charge is 0.267 e. The summed E-state index contributed by atoms with van der Waals surface area (Å²) in [4.78, 5) is 35.8. The van der Waals surface area contributed by atoms with Crippen LogP contribution in [0.15, 0.2) is 24.5 Å². The quantitative estimate of drug-likeness (QED) is 0.318. The summed E-state index contributed by atoms with van der Waals surface area (Å²) in [6.45, 7) is 2.58. The molecule has 3 unspecified atom stereocenters. The summed E-state index contributed by atoms with van der Waals surface area (Å²) in [5.41, 5.74) is 1.98. The Bertz CT molecular complexity index is 1130. The Morgan fingerprint density at radius 1 is 1.00 bits per heavy atom. The maximum atomic E-state index is 13.8. The molecule has 7 heteroatoms. The SMILES string of the molecule is O=C(NCCCCC1CCN(C(=O)C2CC3(C4CCCCCCC4)CCCCC3S2)CC1)c1cc2cnccc2[nH]1. The van der Waals surface area contributed by atoms with Gasteiger partial charge in [0.25, 0.3) is 5.91 Å². The maximum absolute atomic E-state index is 13.8. The van der Waals surface area contributed by atoms with Gasteiger partial charge in [0.2, 0.25) is 5.91 Å². The number of unbranched alkanes of at least 4 members (excludes halogenated alkanes) is 1. The Morgan fingerprint density at radius 3 is 2.59 bits per heavy atom. The third-order valence-electron chi connectivity index (χ3n) is 11.0. The Labute approximate surface area is 250 Å². The second-order valence-corrected chi connectivity index (χ2v) is 14.9. The van der Waals surface area contributed by atoms with Crippen LogP contribution in [0.1, 0.15) is 120 Å². The van der Waals surface area contributed by atoms with Crippen LogP contribution in [0, 0.1) is 17.3 Å². The molecule has 2 saturated carbocycles. The fourth-order valence-corrected chi connectivity index (χ4v) is 10.7. The molecule has 4 heterocycles. The molecule has 2 amide bonds. The number of rotatable bonds is 8. The third-order valence-corrected chi connectivity index (χ3v) is 12.7. The molecular weight excluding hydrogens is 528 g/mol. The molecule has 0 bridgehead atoms. The minimum absolute atomic E-state index is 0.0473. The number of hydrogen-bond acceptors (Lipinski definition) is 4. The lowest BCUT2D eigenvalue weighted by Gasteiger charge is -2.46. The van der Waals surface area contributed by atoms with E-state index in [9.17, 15) is 9.59 Å². The van der Waals surface area contributed by atoms with E-state index in [1.54, 1.807) is 12.4 Å². The van der Waals surface area contributed by atoms with Gasteiger partial charge in [0.15, 0.2) is 0 Å². The monoisotopic (exact) mass is 578 g/mol. The number of aromatic nitrogens is 2. The molecule has 4 aliphatic rings. The minimum Gasteiger partial charge on any atom is -0.351 e. The highest BCUT2D eigenvalue weighted by Crippen LogP contribution is 2.61. The van der Waals surface area contributed by atoms with Gasteiger partial charge in [-0.05, 0) is 80.8 Å². The van der Waals surface area contributed by atoms with Gasteiger partial charge in [0.1, 0.15) is 5.69 Å². The molecule has 0 spiro atoms. The maximum Gasteiger partial charge on any atom is 0.267 e. The lowest BCUT2D eigenvalue weighted by molar-refractivity contribution is -0.132. The summed E-state index contributed by atoms with van der Waals surface area (Å²) < 4.78 is 0. The van der Waals surface area contributed by atoms with Gasteiger partial charge < -0.3 is 15.2 Å². The van der Waals surface area contributed by atoms with E-state index in [0.717, 1.165) is 67.3 Å². The number of carbonyl (C=O) groups is 2. The molecule has 41 heavy (non-hydrogen) atoms. The van der Waals surface area contributed by atoms with Crippen molar-refractivity contribution in [1.82, 2.24) is 20.2 Å². The van der Waals surface area contributed by atoms with Gasteiger partial charge in [-0.2, -0.15) is 0 Å². The van der Waals surface area contributed by atoms with Crippen LogP contribution in [0.3, 0.4) is 0 Å². The van der Waals surface area contributed by atoms with Crippen molar-refractivity contribution in [2.45, 2.75) is 120 Å². The van der Waals surface area contributed by atoms with Gasteiger partial charge in [0.05, 0.1) is 5.25 Å². The fraction of sp³-hybridized carbons (Fsp3) is 0.735. The molecule has 4 fully saturated rings. The molecule has 2 aliphatic heterocycles. The van der Waals surface area contributed by atoms with Crippen LogP contribution in [0.5, 0.6) is 0 Å². The first-order chi connectivity index (χ1) is 20.1. The molecule has 224 valence electrons. The van der Waals surface area contributed by atoms with Crippen molar-refractivity contribution in [3.63, 3.8) is 0 Å². The Kier molecular flexibility index (Phi) is 9.59. The normalized spacial score (nSPS) is 28.2. The number of nitrogens with one attached hydrogen (secondary N) is 2. The molecule has 2 aliphatic carbocycles.